The molecule has 2 unspecified atom stereocenters. The van der Waals surface area contributed by atoms with E-state index in [1.165, 1.54) is 100 Å². The number of aryl methyl sites for hydroxylation is 4. The van der Waals surface area contributed by atoms with Gasteiger partial charge in [-0.05, 0) is 0 Å². The molecule has 65 heavy (non-hydrogen) atoms. The molecule has 0 N–H and O–H groups in total. The summed E-state index contributed by atoms with van der Waals surface area (Å²) in [5.41, 5.74) is 24.7. The molecule has 0 saturated carbocycles. The first-order valence-corrected chi connectivity index (χ1v) is 26.0. The fraction of sp³-hybridized carbons (Fsp3) is 0.400. The van der Waals surface area contributed by atoms with E-state index >= 15 is 0 Å². The van der Waals surface area contributed by atoms with Crippen LogP contribution in [0, 0.1) is 41.5 Å². The Bertz CT molecular complexity index is 2610. The van der Waals surface area contributed by atoms with Gasteiger partial charge in [-0.3, -0.25) is 0 Å². The van der Waals surface area contributed by atoms with Crippen LogP contribution in [-0.2, 0) is 44.9 Å². The van der Waals surface area contributed by atoms with Crippen LogP contribution in [0.25, 0.3) is 45.6 Å². The molecule has 340 valence electrons. The van der Waals surface area contributed by atoms with Crippen LogP contribution in [0.3, 0.4) is 0 Å². The summed E-state index contributed by atoms with van der Waals surface area (Å²) in [7, 11) is 0. The quantitative estimate of drug-likeness (QED) is 0.166. The van der Waals surface area contributed by atoms with E-state index in [2.05, 4.69) is 210 Å². The van der Waals surface area contributed by atoms with Crippen LogP contribution in [-0.4, -0.2) is 0 Å². The summed E-state index contributed by atoms with van der Waals surface area (Å²) in [6, 6.07) is 28.6. The van der Waals surface area contributed by atoms with Crippen LogP contribution >= 0.6 is 0 Å². The zero-order chi connectivity index (χ0) is 45.9. The molecule has 2 aliphatic carbocycles. The summed E-state index contributed by atoms with van der Waals surface area (Å²) in [5.74, 6) is 3.91. The van der Waals surface area contributed by atoms with Gasteiger partial charge in [0.1, 0.15) is 0 Å². The van der Waals surface area contributed by atoms with Gasteiger partial charge >= 0.3 is 394 Å². The van der Waals surface area contributed by atoms with Crippen LogP contribution in [0.15, 0.2) is 81.6 Å². The topological polar surface area (TPSA) is 26.3 Å². The van der Waals surface area contributed by atoms with E-state index in [-0.39, 0.29) is 53.7 Å². The number of fused-ring (bicyclic) bond motifs is 2. The average Bonchev–Trinajstić information content (AvgIpc) is 3.97. The summed E-state index contributed by atoms with van der Waals surface area (Å²) < 4.78 is 13.8. The third-order valence-corrected chi connectivity index (χ3v) is 18.7. The van der Waals surface area contributed by atoms with Crippen molar-refractivity contribution < 1.29 is 56.9 Å². The average molecular weight is 985 g/mol. The summed E-state index contributed by atoms with van der Waals surface area (Å²) in [4.78, 5) is 0. The van der Waals surface area contributed by atoms with Gasteiger partial charge in [-0.2, -0.15) is 0 Å². The third kappa shape index (κ3) is 9.61. The zero-order valence-corrected chi connectivity index (χ0v) is 46.3. The van der Waals surface area contributed by atoms with E-state index in [9.17, 15) is 0 Å². The molecule has 2 nitrogen and oxygen atoms in total. The SMILES string of the molecule is Cc1ccc(C2=Cc3c(cc(C)c(C)c3-c3cc(C(C)(C)C)cc(C(C)(C)C)c3)[CH]2[Zr+2][CH]2C(c3ccc(C)o3)=Cc3c2cc(C)c(C)c3-c2cc(C(C)(C)C)cc(C(C)(C)C)c2)o1.[Cl-].[Cl-]. The molecule has 0 spiro atoms. The van der Waals surface area contributed by atoms with Crippen molar-refractivity contribution in [2.75, 3.05) is 0 Å². The molecule has 0 bridgehead atoms. The van der Waals surface area contributed by atoms with E-state index < -0.39 is 23.2 Å². The molecular formula is C60H70Cl2O2Zr. The molecule has 4 aromatic carbocycles. The Morgan fingerprint density at radius 3 is 0.985 bits per heavy atom. The number of allylic oxidation sites excluding steroid dienone is 2. The van der Waals surface area contributed by atoms with Gasteiger partial charge in [-0.25, -0.2) is 0 Å². The van der Waals surface area contributed by atoms with Crippen LogP contribution in [0.5, 0.6) is 0 Å². The van der Waals surface area contributed by atoms with E-state index in [1.54, 1.807) is 0 Å². The van der Waals surface area contributed by atoms with E-state index in [0.717, 1.165) is 23.0 Å². The van der Waals surface area contributed by atoms with Gasteiger partial charge in [0.2, 0.25) is 0 Å². The van der Waals surface area contributed by atoms with E-state index in [4.69, 9.17) is 8.83 Å². The zero-order valence-electron chi connectivity index (χ0n) is 42.3. The Morgan fingerprint density at radius 1 is 0.415 bits per heavy atom. The molecular weight excluding hydrogens is 915 g/mol. The molecule has 0 aliphatic heterocycles. The number of halogens is 2. The second kappa shape index (κ2) is 17.8. The van der Waals surface area contributed by atoms with Crippen LogP contribution in [0.2, 0.25) is 0 Å². The normalized spacial score (nSPS) is 16.0. The second-order valence-electron chi connectivity index (χ2n) is 23.0. The van der Waals surface area contributed by atoms with Crippen molar-refractivity contribution in [2.24, 2.45) is 0 Å². The predicted octanol–water partition coefficient (Wildman–Crippen LogP) is 11.2. The molecule has 5 heteroatoms. The maximum Gasteiger partial charge on any atom is -1.00 e. The Kier molecular flexibility index (Phi) is 13.9. The van der Waals surface area contributed by atoms with Gasteiger partial charge in [0.05, 0.1) is 0 Å². The predicted molar refractivity (Wildman–Crippen MR) is 266 cm³/mol. The Morgan fingerprint density at radius 2 is 0.723 bits per heavy atom. The largest absolute Gasteiger partial charge is 1.00 e. The molecule has 0 fully saturated rings. The van der Waals surface area contributed by atoms with E-state index in [1.807, 2.05) is 0 Å². The van der Waals surface area contributed by atoms with Crippen molar-refractivity contribution in [3.8, 4) is 22.3 Å². The monoisotopic (exact) mass is 982 g/mol. The number of benzene rings is 4. The first-order valence-electron chi connectivity index (χ1n) is 23.1. The van der Waals surface area contributed by atoms with Gasteiger partial charge in [0.25, 0.3) is 0 Å². The molecule has 0 radical (unpaired) electrons. The second-order valence-corrected chi connectivity index (χ2v) is 26.7. The van der Waals surface area contributed by atoms with Crippen molar-refractivity contribution in [3.63, 3.8) is 0 Å². The van der Waals surface area contributed by atoms with Gasteiger partial charge in [-0.1, -0.05) is 0 Å². The summed E-state index contributed by atoms with van der Waals surface area (Å²) in [6.07, 6.45) is 5.05. The molecule has 2 aliphatic rings. The van der Waals surface area contributed by atoms with Gasteiger partial charge < -0.3 is 24.8 Å². The molecule has 0 amide bonds. The molecule has 2 aromatic heterocycles. The van der Waals surface area contributed by atoms with Crippen LogP contribution < -0.4 is 24.8 Å². The smallest absolute Gasteiger partial charge is 1.00 e. The number of hydrogen-bond acceptors (Lipinski definition) is 2. The van der Waals surface area contributed by atoms with Crippen molar-refractivity contribution in [1.82, 2.24) is 0 Å². The minimum Gasteiger partial charge on any atom is -1.00 e. The molecule has 2 atom stereocenters. The maximum atomic E-state index is 6.63. The van der Waals surface area contributed by atoms with Crippen LogP contribution in [0.1, 0.15) is 180 Å². The molecule has 8 rings (SSSR count). The summed E-state index contributed by atoms with van der Waals surface area (Å²) in [6.45, 7) is 41.6. The Balaban J connectivity index is 0.00000350. The summed E-state index contributed by atoms with van der Waals surface area (Å²) >= 11 is -1.47. The van der Waals surface area contributed by atoms with Crippen molar-refractivity contribution in [2.45, 2.75) is 154 Å². The molecule has 2 heterocycles. The maximum absolute atomic E-state index is 6.63. The minimum atomic E-state index is -1.47. The third-order valence-electron chi connectivity index (χ3n) is 14.0. The van der Waals surface area contributed by atoms with Crippen LogP contribution in [0.4, 0.5) is 0 Å². The standard InChI is InChI=1S/2C30H35O.2ClH.Zr/c2*1-18-12-21-13-22(27-11-10-19(2)31-27)16-26(21)28(20(18)3)23-14-24(29(4,5)6)17-25(15-23)30(7,8)9;;;/h2*10-17H,1-9H3;2*1H;/q;;;;+2/p-2. The summed E-state index contributed by atoms with van der Waals surface area (Å²) in [5, 5.41) is 0. The van der Waals surface area contributed by atoms with E-state index in [0.29, 0.717) is 0 Å². The van der Waals surface area contributed by atoms with Gasteiger partial charge in [-0.15, -0.1) is 0 Å². The first-order chi connectivity index (χ1) is 29.2. The fourth-order valence-electron chi connectivity index (χ4n) is 9.68. The van der Waals surface area contributed by atoms with Gasteiger partial charge in [0, 0.05) is 0 Å². The number of hydrogen-bond donors (Lipinski definition) is 0. The number of furan rings is 2. The van der Waals surface area contributed by atoms with Crippen molar-refractivity contribution in [1.29, 1.82) is 0 Å². The molecule has 6 aromatic rings. The fourth-order valence-corrected chi connectivity index (χ4v) is 14.5. The Labute approximate surface area is 415 Å². The van der Waals surface area contributed by atoms with Gasteiger partial charge in [0.15, 0.2) is 0 Å². The minimum absolute atomic E-state index is 0. The van der Waals surface area contributed by atoms with Crippen molar-refractivity contribution >= 4 is 23.3 Å². The van der Waals surface area contributed by atoms with Crippen molar-refractivity contribution in [3.05, 3.63) is 163 Å². The Hall–Kier alpha value is -3.62. The number of rotatable bonds is 6. The molecule has 0 saturated heterocycles. The first kappa shape index (κ1) is 50.8.